The van der Waals surface area contributed by atoms with Crippen molar-refractivity contribution in [3.05, 3.63) is 28.8 Å². The van der Waals surface area contributed by atoms with Crippen LogP contribution < -0.4 is 5.32 Å². The molecular formula is C9H12ClNO2. The SMILES string of the molecule is CNC[C@H](O)c1ccc(Cl)c(O)c1. The first-order valence-corrected chi connectivity index (χ1v) is 4.34. The van der Waals surface area contributed by atoms with E-state index in [1.54, 1.807) is 19.2 Å². The molecule has 0 aliphatic carbocycles. The minimum absolute atomic E-state index is 0.00526. The van der Waals surface area contributed by atoms with Gasteiger partial charge in [0.15, 0.2) is 0 Å². The molecule has 72 valence electrons. The van der Waals surface area contributed by atoms with Crippen molar-refractivity contribution in [2.45, 2.75) is 6.10 Å². The van der Waals surface area contributed by atoms with Crippen molar-refractivity contribution < 1.29 is 10.2 Å². The Bertz CT molecular complexity index is 291. The average molecular weight is 202 g/mol. The molecule has 0 saturated heterocycles. The lowest BCUT2D eigenvalue weighted by Gasteiger charge is -2.10. The number of benzene rings is 1. The van der Waals surface area contributed by atoms with E-state index in [1.807, 2.05) is 0 Å². The summed E-state index contributed by atoms with van der Waals surface area (Å²) in [6, 6.07) is 4.71. The van der Waals surface area contributed by atoms with Crippen molar-refractivity contribution in [3.8, 4) is 5.75 Å². The maximum atomic E-state index is 9.52. The zero-order valence-corrected chi connectivity index (χ0v) is 8.04. The van der Waals surface area contributed by atoms with E-state index in [-0.39, 0.29) is 5.75 Å². The summed E-state index contributed by atoms with van der Waals surface area (Å²) < 4.78 is 0. The van der Waals surface area contributed by atoms with Crippen LogP contribution in [-0.2, 0) is 0 Å². The number of phenolic OH excluding ortho intramolecular Hbond substituents is 1. The fourth-order valence-electron chi connectivity index (χ4n) is 1.05. The van der Waals surface area contributed by atoms with Crippen LogP contribution in [0.3, 0.4) is 0 Å². The number of hydrogen-bond donors (Lipinski definition) is 3. The number of rotatable bonds is 3. The van der Waals surface area contributed by atoms with Gasteiger partial charge < -0.3 is 15.5 Å². The number of likely N-dealkylation sites (N-methyl/N-ethyl adjacent to an activating group) is 1. The number of nitrogens with one attached hydrogen (secondary N) is 1. The first kappa shape index (κ1) is 10.3. The summed E-state index contributed by atoms with van der Waals surface area (Å²) in [4.78, 5) is 0. The minimum atomic E-state index is -0.617. The molecule has 0 fully saturated rings. The number of aliphatic hydroxyl groups excluding tert-OH is 1. The van der Waals surface area contributed by atoms with Crippen LogP contribution in [0.15, 0.2) is 18.2 Å². The van der Waals surface area contributed by atoms with Gasteiger partial charge in [-0.3, -0.25) is 0 Å². The number of phenols is 1. The molecule has 0 saturated carbocycles. The summed E-state index contributed by atoms with van der Waals surface area (Å²) in [5, 5.41) is 21.9. The lowest BCUT2D eigenvalue weighted by atomic mass is 10.1. The third kappa shape index (κ3) is 2.59. The largest absolute Gasteiger partial charge is 0.506 e. The van der Waals surface area contributed by atoms with Gasteiger partial charge in [0.25, 0.3) is 0 Å². The van der Waals surface area contributed by atoms with Gasteiger partial charge in [-0.15, -0.1) is 0 Å². The Balaban J connectivity index is 2.84. The van der Waals surface area contributed by atoms with Gasteiger partial charge in [0.05, 0.1) is 11.1 Å². The lowest BCUT2D eigenvalue weighted by Crippen LogP contribution is -2.16. The number of aliphatic hydroxyl groups is 1. The Hall–Kier alpha value is -0.770. The highest BCUT2D eigenvalue weighted by Gasteiger charge is 2.08. The Kier molecular flexibility index (Phi) is 3.54. The zero-order valence-electron chi connectivity index (χ0n) is 7.29. The van der Waals surface area contributed by atoms with Gasteiger partial charge in [0, 0.05) is 6.54 Å². The molecule has 3 nitrogen and oxygen atoms in total. The van der Waals surface area contributed by atoms with E-state index in [9.17, 15) is 10.2 Å². The van der Waals surface area contributed by atoms with Crippen LogP contribution in [0.5, 0.6) is 5.75 Å². The average Bonchev–Trinajstić information content (AvgIpc) is 2.10. The van der Waals surface area contributed by atoms with Gasteiger partial charge >= 0.3 is 0 Å². The molecule has 0 aliphatic heterocycles. The molecule has 0 bridgehead atoms. The van der Waals surface area contributed by atoms with Gasteiger partial charge in [-0.05, 0) is 24.7 Å². The molecule has 1 aromatic rings. The van der Waals surface area contributed by atoms with Gasteiger partial charge in [0.2, 0.25) is 0 Å². The van der Waals surface area contributed by atoms with Crippen molar-refractivity contribution in [2.24, 2.45) is 0 Å². The van der Waals surface area contributed by atoms with E-state index in [4.69, 9.17) is 11.6 Å². The Morgan fingerprint density at radius 3 is 2.77 bits per heavy atom. The Labute approximate surface area is 82.0 Å². The molecule has 0 spiro atoms. The van der Waals surface area contributed by atoms with E-state index < -0.39 is 6.10 Å². The molecule has 0 aromatic heterocycles. The second kappa shape index (κ2) is 4.46. The van der Waals surface area contributed by atoms with Gasteiger partial charge in [-0.2, -0.15) is 0 Å². The quantitative estimate of drug-likeness (QED) is 0.691. The molecular weight excluding hydrogens is 190 g/mol. The molecule has 1 atom stereocenters. The molecule has 1 rings (SSSR count). The fourth-order valence-corrected chi connectivity index (χ4v) is 1.17. The smallest absolute Gasteiger partial charge is 0.134 e. The van der Waals surface area contributed by atoms with E-state index in [1.165, 1.54) is 6.07 Å². The van der Waals surface area contributed by atoms with Crippen LogP contribution in [-0.4, -0.2) is 23.8 Å². The second-order valence-corrected chi connectivity index (χ2v) is 3.19. The Morgan fingerprint density at radius 2 is 2.23 bits per heavy atom. The molecule has 1 aromatic carbocycles. The summed E-state index contributed by atoms with van der Waals surface area (Å²) in [5.41, 5.74) is 0.649. The summed E-state index contributed by atoms with van der Waals surface area (Å²) in [7, 11) is 1.75. The highest BCUT2D eigenvalue weighted by molar-refractivity contribution is 6.32. The Morgan fingerprint density at radius 1 is 1.54 bits per heavy atom. The van der Waals surface area contributed by atoms with Crippen molar-refractivity contribution in [1.82, 2.24) is 5.32 Å². The van der Waals surface area contributed by atoms with Gasteiger partial charge in [0.1, 0.15) is 5.75 Å². The second-order valence-electron chi connectivity index (χ2n) is 2.78. The normalized spacial score (nSPS) is 12.8. The number of aromatic hydroxyl groups is 1. The molecule has 13 heavy (non-hydrogen) atoms. The van der Waals surface area contributed by atoms with Crippen LogP contribution >= 0.6 is 11.6 Å². The fraction of sp³-hybridized carbons (Fsp3) is 0.333. The topological polar surface area (TPSA) is 52.5 Å². The predicted molar refractivity (Wildman–Crippen MR) is 52.0 cm³/mol. The predicted octanol–water partition coefficient (Wildman–Crippen LogP) is 1.30. The molecule has 0 aliphatic rings. The van der Waals surface area contributed by atoms with Crippen LogP contribution in [0.4, 0.5) is 0 Å². The molecule has 0 amide bonds. The van der Waals surface area contributed by atoms with Crippen LogP contribution in [0, 0.1) is 0 Å². The molecule has 0 unspecified atom stereocenters. The highest BCUT2D eigenvalue weighted by Crippen LogP contribution is 2.26. The van der Waals surface area contributed by atoms with E-state index >= 15 is 0 Å². The third-order valence-electron chi connectivity index (χ3n) is 1.75. The van der Waals surface area contributed by atoms with Crippen molar-refractivity contribution in [1.29, 1.82) is 0 Å². The first-order valence-electron chi connectivity index (χ1n) is 3.96. The highest BCUT2D eigenvalue weighted by atomic mass is 35.5. The monoisotopic (exact) mass is 201 g/mol. The van der Waals surface area contributed by atoms with Crippen molar-refractivity contribution in [2.75, 3.05) is 13.6 Å². The summed E-state index contributed by atoms with van der Waals surface area (Å²) in [6.07, 6.45) is -0.617. The van der Waals surface area contributed by atoms with E-state index in [0.29, 0.717) is 17.1 Å². The number of hydrogen-bond acceptors (Lipinski definition) is 3. The maximum absolute atomic E-state index is 9.52. The first-order chi connectivity index (χ1) is 6.15. The van der Waals surface area contributed by atoms with E-state index in [0.717, 1.165) is 0 Å². The standard InChI is InChI=1S/C9H12ClNO2/c1-11-5-9(13)6-2-3-7(10)8(12)4-6/h2-4,9,11-13H,5H2,1H3/t9-/m0/s1. The summed E-state index contributed by atoms with van der Waals surface area (Å²) in [6.45, 7) is 0.446. The maximum Gasteiger partial charge on any atom is 0.134 e. The summed E-state index contributed by atoms with van der Waals surface area (Å²) in [5.74, 6) is -0.00526. The molecule has 0 heterocycles. The molecule has 4 heteroatoms. The molecule has 3 N–H and O–H groups in total. The lowest BCUT2D eigenvalue weighted by molar-refractivity contribution is 0.177. The third-order valence-corrected chi connectivity index (χ3v) is 2.07. The van der Waals surface area contributed by atoms with Crippen molar-refractivity contribution >= 4 is 11.6 Å². The summed E-state index contributed by atoms with van der Waals surface area (Å²) >= 11 is 5.62. The van der Waals surface area contributed by atoms with Crippen LogP contribution in [0.25, 0.3) is 0 Å². The van der Waals surface area contributed by atoms with E-state index in [2.05, 4.69) is 5.32 Å². The van der Waals surface area contributed by atoms with Crippen LogP contribution in [0.2, 0.25) is 5.02 Å². The zero-order chi connectivity index (χ0) is 9.84. The minimum Gasteiger partial charge on any atom is -0.506 e. The molecule has 0 radical (unpaired) electrons. The number of halogens is 1. The van der Waals surface area contributed by atoms with Crippen LogP contribution in [0.1, 0.15) is 11.7 Å². The van der Waals surface area contributed by atoms with Gasteiger partial charge in [-0.1, -0.05) is 17.7 Å². The van der Waals surface area contributed by atoms with Crippen molar-refractivity contribution in [3.63, 3.8) is 0 Å². The van der Waals surface area contributed by atoms with Gasteiger partial charge in [-0.25, -0.2) is 0 Å².